The standard InChI is InChI=1S/C41H28N3O/c1-3-11-29(12-4-1)39-43-40(44(39)30-13-5-2-6-14-30)35-24-23-31(33-15-7-8-16-34(33)35)27-19-21-28(22-20-27)32-25-26-42-41-38(32)36-17-9-10-18-37(36)45-41/h1-25,42H,26H2/q+1. The summed E-state index contributed by atoms with van der Waals surface area (Å²) in [6, 6.07) is 51.2. The maximum absolute atomic E-state index is 6.13. The van der Waals surface area contributed by atoms with E-state index in [1.54, 1.807) is 0 Å². The second kappa shape index (κ2) is 10.3. The van der Waals surface area contributed by atoms with Gasteiger partial charge < -0.3 is 9.73 Å². The zero-order valence-corrected chi connectivity index (χ0v) is 24.4. The maximum Gasteiger partial charge on any atom is 0.279 e. The summed E-state index contributed by atoms with van der Waals surface area (Å²) in [6.45, 7) is 0.739. The number of nitrogens with one attached hydrogen (secondary N) is 1. The number of fused-ring (bicyclic) bond motifs is 4. The third-order valence-electron chi connectivity index (χ3n) is 8.79. The van der Waals surface area contributed by atoms with E-state index in [4.69, 9.17) is 9.41 Å². The Morgan fingerprint density at radius 1 is 0.556 bits per heavy atom. The fraction of sp³-hybridized carbons (Fsp3) is 0.0244. The summed E-state index contributed by atoms with van der Waals surface area (Å²) in [5.41, 5.74) is 10.1. The molecule has 45 heavy (non-hydrogen) atoms. The molecule has 0 aliphatic carbocycles. The monoisotopic (exact) mass is 578 g/mol. The second-order valence-electron chi connectivity index (χ2n) is 11.4. The first-order valence-corrected chi connectivity index (χ1v) is 15.3. The number of anilines is 1. The molecule has 0 bridgehead atoms. The lowest BCUT2D eigenvalue weighted by molar-refractivity contribution is -0.319. The number of nitrogens with zero attached hydrogens (tertiary/aromatic N) is 2. The average Bonchev–Trinajstić information content (AvgIpc) is 3.48. The van der Waals surface area contributed by atoms with Crippen molar-refractivity contribution in [3.63, 3.8) is 0 Å². The van der Waals surface area contributed by atoms with Gasteiger partial charge in [0.05, 0.1) is 16.7 Å². The summed E-state index contributed by atoms with van der Waals surface area (Å²) >= 11 is 0. The summed E-state index contributed by atoms with van der Waals surface area (Å²) in [7, 11) is 0. The van der Waals surface area contributed by atoms with Crippen LogP contribution in [0.2, 0.25) is 0 Å². The molecule has 1 N–H and O–H groups in total. The first-order valence-electron chi connectivity index (χ1n) is 15.3. The van der Waals surface area contributed by atoms with Gasteiger partial charge in [0.2, 0.25) is 5.88 Å². The van der Waals surface area contributed by atoms with Crippen molar-refractivity contribution in [3.8, 4) is 11.1 Å². The van der Waals surface area contributed by atoms with E-state index >= 15 is 0 Å². The van der Waals surface area contributed by atoms with Crippen LogP contribution in [0.1, 0.15) is 22.3 Å². The molecule has 0 saturated carbocycles. The number of para-hydroxylation sites is 2. The number of hydrogen-bond acceptors (Lipinski definition) is 3. The Morgan fingerprint density at radius 2 is 1.18 bits per heavy atom. The lowest BCUT2D eigenvalue weighted by Crippen LogP contribution is -2.34. The highest BCUT2D eigenvalue weighted by Gasteiger charge is 2.34. The van der Waals surface area contributed by atoms with Crippen molar-refractivity contribution < 1.29 is 8.99 Å². The minimum Gasteiger partial charge on any atom is -0.440 e. The van der Waals surface area contributed by atoms with Gasteiger partial charge in [-0.3, -0.25) is 0 Å². The molecule has 212 valence electrons. The van der Waals surface area contributed by atoms with Crippen LogP contribution in [0, 0.1) is 0 Å². The van der Waals surface area contributed by atoms with Crippen molar-refractivity contribution in [2.45, 2.75) is 0 Å². The first-order chi connectivity index (χ1) is 22.3. The topological polar surface area (TPSA) is 40.5 Å². The Bertz CT molecular complexity index is 2340. The lowest BCUT2D eigenvalue weighted by atomic mass is 9.91. The second-order valence-corrected chi connectivity index (χ2v) is 11.4. The van der Waals surface area contributed by atoms with Crippen LogP contribution in [-0.2, 0) is 0 Å². The maximum atomic E-state index is 6.13. The van der Waals surface area contributed by atoms with Crippen LogP contribution in [0.25, 0.3) is 38.4 Å². The smallest absolute Gasteiger partial charge is 0.279 e. The van der Waals surface area contributed by atoms with Crippen LogP contribution in [-0.4, -0.2) is 22.8 Å². The molecule has 7 aromatic rings. The van der Waals surface area contributed by atoms with Crippen molar-refractivity contribution in [3.05, 3.63) is 174 Å². The van der Waals surface area contributed by atoms with E-state index in [0.29, 0.717) is 0 Å². The predicted molar refractivity (Wildman–Crippen MR) is 185 cm³/mol. The molecule has 2 aliphatic rings. The van der Waals surface area contributed by atoms with Crippen LogP contribution in [0.15, 0.2) is 161 Å². The van der Waals surface area contributed by atoms with Crippen LogP contribution in [0.5, 0.6) is 0 Å². The molecule has 0 radical (unpaired) electrons. The van der Waals surface area contributed by atoms with Crippen LogP contribution < -0.4 is 5.32 Å². The minimum atomic E-state index is 0.739. The molecule has 0 unspecified atom stereocenters. The molecule has 3 heterocycles. The normalized spacial score (nSPS) is 14.0. The first kappa shape index (κ1) is 25.5. The molecular weight excluding hydrogens is 550 g/mol. The molecule has 6 aromatic carbocycles. The van der Waals surface area contributed by atoms with E-state index in [2.05, 4.69) is 143 Å². The van der Waals surface area contributed by atoms with E-state index in [9.17, 15) is 0 Å². The predicted octanol–water partition coefficient (Wildman–Crippen LogP) is 9.66. The summed E-state index contributed by atoms with van der Waals surface area (Å²) in [5.74, 6) is 2.76. The van der Waals surface area contributed by atoms with Crippen molar-refractivity contribution in [2.24, 2.45) is 4.99 Å². The Labute approximate surface area is 260 Å². The number of amidine groups is 2. The summed E-state index contributed by atoms with van der Waals surface area (Å²) in [6.07, 6.45) is 2.25. The van der Waals surface area contributed by atoms with Gasteiger partial charge in [0, 0.05) is 11.9 Å². The summed E-state index contributed by atoms with van der Waals surface area (Å²) in [4.78, 5) is 5.11. The molecule has 0 amide bonds. The summed E-state index contributed by atoms with van der Waals surface area (Å²) in [5, 5.41) is 6.92. The number of aliphatic imine (C=N–C) groups is 1. The minimum absolute atomic E-state index is 0.739. The Balaban J connectivity index is 1.12. The fourth-order valence-electron chi connectivity index (χ4n) is 6.66. The number of benzene rings is 6. The molecular formula is C41H28N3O+. The van der Waals surface area contributed by atoms with Gasteiger partial charge in [-0.05, 0) is 69.4 Å². The van der Waals surface area contributed by atoms with Gasteiger partial charge in [0.1, 0.15) is 11.3 Å². The average molecular weight is 579 g/mol. The zero-order valence-electron chi connectivity index (χ0n) is 24.4. The van der Waals surface area contributed by atoms with E-state index in [-0.39, 0.29) is 0 Å². The van der Waals surface area contributed by atoms with Gasteiger partial charge in [-0.25, -0.2) is 0 Å². The van der Waals surface area contributed by atoms with Gasteiger partial charge in [-0.2, -0.15) is 4.58 Å². The number of hydrogen-bond donors (Lipinski definition) is 1. The Morgan fingerprint density at radius 3 is 1.96 bits per heavy atom. The Hall–Kier alpha value is -6.00. The molecule has 1 aromatic heterocycles. The van der Waals surface area contributed by atoms with Crippen LogP contribution >= 0.6 is 0 Å². The number of furan rings is 1. The highest BCUT2D eigenvalue weighted by molar-refractivity contribution is 6.21. The zero-order chi connectivity index (χ0) is 29.7. The highest BCUT2D eigenvalue weighted by Crippen LogP contribution is 2.41. The van der Waals surface area contributed by atoms with Gasteiger partial charge in [-0.15, -0.1) is 0 Å². The molecule has 0 spiro atoms. The van der Waals surface area contributed by atoms with Crippen LogP contribution in [0.4, 0.5) is 11.6 Å². The van der Waals surface area contributed by atoms with Gasteiger partial charge in [0.25, 0.3) is 11.7 Å². The molecule has 2 aliphatic heterocycles. The molecule has 4 heteroatoms. The van der Waals surface area contributed by atoms with Gasteiger partial charge in [-0.1, -0.05) is 120 Å². The quantitative estimate of drug-likeness (QED) is 0.207. The summed E-state index contributed by atoms with van der Waals surface area (Å²) < 4.78 is 8.40. The largest absolute Gasteiger partial charge is 0.440 e. The molecule has 0 fully saturated rings. The van der Waals surface area contributed by atoms with Crippen molar-refractivity contribution in [1.82, 2.24) is 0 Å². The molecule has 0 saturated heterocycles. The van der Waals surface area contributed by atoms with E-state index in [0.717, 1.165) is 57.4 Å². The fourth-order valence-corrected chi connectivity index (χ4v) is 6.66. The number of rotatable bonds is 5. The van der Waals surface area contributed by atoms with E-state index in [1.165, 1.54) is 33.0 Å². The van der Waals surface area contributed by atoms with Crippen molar-refractivity contribution >= 4 is 50.6 Å². The van der Waals surface area contributed by atoms with Crippen molar-refractivity contribution in [1.29, 1.82) is 0 Å². The molecule has 4 nitrogen and oxygen atoms in total. The highest BCUT2D eigenvalue weighted by atomic mass is 16.3. The molecule has 0 atom stereocenters. The van der Waals surface area contributed by atoms with E-state index in [1.807, 2.05) is 18.2 Å². The third-order valence-corrected chi connectivity index (χ3v) is 8.79. The van der Waals surface area contributed by atoms with Gasteiger partial charge >= 0.3 is 0 Å². The van der Waals surface area contributed by atoms with Crippen LogP contribution in [0.3, 0.4) is 0 Å². The van der Waals surface area contributed by atoms with Gasteiger partial charge in [0.15, 0.2) is 0 Å². The lowest BCUT2D eigenvalue weighted by Gasteiger charge is -2.21. The molecule has 9 rings (SSSR count). The van der Waals surface area contributed by atoms with Crippen molar-refractivity contribution in [2.75, 3.05) is 11.9 Å². The Kier molecular flexibility index (Phi) is 5.85. The SMILES string of the molecule is C1=C(c2ccc(-c3ccc(C4=[N+](c5ccccc5)C(c5ccccc5)=N4)c4ccccc34)cc2)c2c(oc3ccccc23)NC1. The van der Waals surface area contributed by atoms with E-state index < -0.39 is 0 Å². The third kappa shape index (κ3) is 4.15.